The molecule has 2 N–H and O–H groups in total. The largest absolute Gasteiger partial charge is 0.368 e. The predicted octanol–water partition coefficient (Wildman–Crippen LogP) is 2.37. The minimum atomic E-state index is -1.00. The van der Waals surface area contributed by atoms with Gasteiger partial charge in [-0.1, -0.05) is 47.6 Å². The number of hydroxylamine groups is 1. The number of amides is 1. The van der Waals surface area contributed by atoms with Gasteiger partial charge < -0.3 is 4.84 Å². The number of benzene rings is 2. The monoisotopic (exact) mass is 352 g/mol. The van der Waals surface area contributed by atoms with Gasteiger partial charge in [0.15, 0.2) is 5.82 Å². The fourth-order valence-electron chi connectivity index (χ4n) is 2.11. The van der Waals surface area contributed by atoms with E-state index in [0.717, 1.165) is 11.6 Å². The fourth-order valence-corrected chi connectivity index (χ4v) is 2.11. The molecule has 1 heterocycles. The molecule has 0 fully saturated rings. The first-order chi connectivity index (χ1) is 12.6. The molecule has 0 radical (unpaired) electrons. The maximum absolute atomic E-state index is 13.6. The summed E-state index contributed by atoms with van der Waals surface area (Å²) < 4.78 is 13.6. The van der Waals surface area contributed by atoms with Crippen molar-refractivity contribution in [1.82, 2.24) is 15.1 Å². The Bertz CT molecular complexity index is 933. The van der Waals surface area contributed by atoms with E-state index < -0.39 is 17.7 Å². The van der Waals surface area contributed by atoms with Crippen molar-refractivity contribution in [3.63, 3.8) is 0 Å². The van der Waals surface area contributed by atoms with Crippen molar-refractivity contribution in [2.75, 3.05) is 0 Å². The van der Waals surface area contributed by atoms with Crippen LogP contribution < -0.4 is 5.84 Å². The maximum atomic E-state index is 13.6. The highest BCUT2D eigenvalue weighted by molar-refractivity contribution is 5.95. The van der Waals surface area contributed by atoms with Crippen molar-refractivity contribution in [2.45, 2.75) is 0 Å². The minimum Gasteiger partial charge on any atom is -0.317 e. The molecule has 7 nitrogen and oxygen atoms in total. The summed E-state index contributed by atoms with van der Waals surface area (Å²) in [6.45, 7) is 0. The van der Waals surface area contributed by atoms with E-state index in [2.05, 4.69) is 9.97 Å². The normalized spacial score (nSPS) is 10.2. The minimum absolute atomic E-state index is 0.0125. The van der Waals surface area contributed by atoms with Crippen LogP contribution in [0, 0.1) is 5.82 Å². The number of hydrogen-bond donors (Lipinski definition) is 1. The highest BCUT2D eigenvalue weighted by Crippen LogP contribution is 2.14. The molecule has 3 aromatic rings. The SMILES string of the molecule is NN(OC(=O)c1cnc(-c2ccccc2)nc1)C(=O)c1ccccc1F. The third-order valence-electron chi connectivity index (χ3n) is 3.41. The van der Waals surface area contributed by atoms with Gasteiger partial charge in [0.05, 0.1) is 11.1 Å². The van der Waals surface area contributed by atoms with Crippen LogP contribution in [0.25, 0.3) is 11.4 Å². The summed E-state index contributed by atoms with van der Waals surface area (Å²) >= 11 is 0. The fraction of sp³-hybridized carbons (Fsp3) is 0. The van der Waals surface area contributed by atoms with Gasteiger partial charge in [0.1, 0.15) is 5.82 Å². The Morgan fingerprint density at radius 2 is 1.58 bits per heavy atom. The molecule has 1 aromatic heterocycles. The van der Waals surface area contributed by atoms with E-state index in [0.29, 0.717) is 5.82 Å². The van der Waals surface area contributed by atoms with E-state index >= 15 is 0 Å². The summed E-state index contributed by atoms with van der Waals surface area (Å²) in [5.41, 5.74) is 0.447. The molecule has 2 aromatic carbocycles. The molecule has 3 rings (SSSR count). The second-order valence-corrected chi connectivity index (χ2v) is 5.15. The quantitative estimate of drug-likeness (QED) is 0.441. The van der Waals surface area contributed by atoms with Crippen LogP contribution >= 0.6 is 0 Å². The van der Waals surface area contributed by atoms with Crippen LogP contribution in [0.5, 0.6) is 0 Å². The molecule has 1 amide bonds. The van der Waals surface area contributed by atoms with Crippen LogP contribution in [0.4, 0.5) is 4.39 Å². The van der Waals surface area contributed by atoms with Gasteiger partial charge in [-0.2, -0.15) is 0 Å². The first-order valence-corrected chi connectivity index (χ1v) is 7.49. The third kappa shape index (κ3) is 3.70. The van der Waals surface area contributed by atoms with Crippen LogP contribution in [0.1, 0.15) is 20.7 Å². The number of carbonyl (C=O) groups excluding carboxylic acids is 2. The lowest BCUT2D eigenvalue weighted by molar-refractivity contribution is -0.0831. The molecule has 0 aliphatic rings. The van der Waals surface area contributed by atoms with Crippen molar-refractivity contribution in [1.29, 1.82) is 0 Å². The zero-order chi connectivity index (χ0) is 18.5. The number of halogens is 1. The van der Waals surface area contributed by atoms with Crippen molar-refractivity contribution in [2.24, 2.45) is 5.84 Å². The van der Waals surface area contributed by atoms with Crippen molar-refractivity contribution in [3.05, 3.63) is 83.9 Å². The summed E-state index contributed by atoms with van der Waals surface area (Å²) in [7, 11) is 0. The van der Waals surface area contributed by atoms with Crippen molar-refractivity contribution in [3.8, 4) is 11.4 Å². The Morgan fingerprint density at radius 1 is 0.962 bits per heavy atom. The van der Waals surface area contributed by atoms with Crippen LogP contribution in [0.15, 0.2) is 67.0 Å². The standard InChI is InChI=1S/C18H13FN4O3/c19-15-9-5-4-8-14(15)17(24)23(20)26-18(25)13-10-21-16(22-11-13)12-6-2-1-3-7-12/h1-11H,20H2. The van der Waals surface area contributed by atoms with Crippen LogP contribution in [0.3, 0.4) is 0 Å². The molecule has 0 bridgehead atoms. The van der Waals surface area contributed by atoms with E-state index in [1.54, 1.807) is 0 Å². The van der Waals surface area contributed by atoms with Gasteiger partial charge in [-0.3, -0.25) is 4.79 Å². The molecule has 0 aliphatic heterocycles. The smallest absolute Gasteiger partial charge is 0.317 e. The lowest BCUT2D eigenvalue weighted by Crippen LogP contribution is -2.39. The molecule has 0 atom stereocenters. The van der Waals surface area contributed by atoms with Gasteiger partial charge in [0.25, 0.3) is 0 Å². The van der Waals surface area contributed by atoms with Gasteiger partial charge in [-0.15, -0.1) is 0 Å². The molecular formula is C18H13FN4O3. The Labute approximate surface area is 147 Å². The zero-order valence-electron chi connectivity index (χ0n) is 13.4. The molecule has 130 valence electrons. The van der Waals surface area contributed by atoms with Gasteiger partial charge in [0.2, 0.25) is 0 Å². The highest BCUT2D eigenvalue weighted by Gasteiger charge is 2.21. The first-order valence-electron chi connectivity index (χ1n) is 7.49. The molecule has 8 heteroatoms. The Kier molecular flexibility index (Phi) is 4.95. The van der Waals surface area contributed by atoms with E-state index in [1.165, 1.54) is 30.6 Å². The summed E-state index contributed by atoms with van der Waals surface area (Å²) in [6, 6.07) is 14.4. The predicted molar refractivity (Wildman–Crippen MR) is 89.6 cm³/mol. The number of nitrogens with zero attached hydrogens (tertiary/aromatic N) is 3. The van der Waals surface area contributed by atoms with Crippen LogP contribution in [-0.4, -0.2) is 27.0 Å². The molecule has 0 unspecified atom stereocenters. The molecular weight excluding hydrogens is 339 g/mol. The van der Waals surface area contributed by atoms with Crippen LogP contribution in [0.2, 0.25) is 0 Å². The molecule has 0 saturated heterocycles. The summed E-state index contributed by atoms with van der Waals surface area (Å²) in [6.07, 6.45) is 2.50. The van der Waals surface area contributed by atoms with Gasteiger partial charge in [-0.05, 0) is 12.1 Å². The second-order valence-electron chi connectivity index (χ2n) is 5.15. The molecule has 0 spiro atoms. The Morgan fingerprint density at radius 3 is 2.23 bits per heavy atom. The van der Waals surface area contributed by atoms with E-state index in [4.69, 9.17) is 10.7 Å². The first kappa shape index (κ1) is 17.2. The summed E-state index contributed by atoms with van der Waals surface area (Å²) in [5.74, 6) is 3.11. The third-order valence-corrected chi connectivity index (χ3v) is 3.41. The number of aromatic nitrogens is 2. The van der Waals surface area contributed by atoms with Crippen LogP contribution in [-0.2, 0) is 4.84 Å². The lowest BCUT2D eigenvalue weighted by Gasteiger charge is -2.15. The Hall–Kier alpha value is -3.65. The highest BCUT2D eigenvalue weighted by atomic mass is 19.1. The Balaban J connectivity index is 1.70. The average molecular weight is 352 g/mol. The topological polar surface area (TPSA) is 98.4 Å². The second kappa shape index (κ2) is 7.49. The number of hydrazine groups is 1. The van der Waals surface area contributed by atoms with Crippen molar-refractivity contribution < 1.29 is 18.8 Å². The molecule has 0 aliphatic carbocycles. The summed E-state index contributed by atoms with van der Waals surface area (Å²) in [4.78, 5) is 37.0. The molecule has 0 saturated carbocycles. The number of rotatable bonds is 3. The number of carbonyl (C=O) groups is 2. The summed E-state index contributed by atoms with van der Waals surface area (Å²) in [5, 5.41) is 0.172. The number of nitrogens with two attached hydrogens (primary N) is 1. The van der Waals surface area contributed by atoms with Gasteiger partial charge in [-0.25, -0.2) is 25.0 Å². The van der Waals surface area contributed by atoms with Gasteiger partial charge in [0, 0.05) is 18.0 Å². The zero-order valence-corrected chi connectivity index (χ0v) is 13.4. The lowest BCUT2D eigenvalue weighted by atomic mass is 10.2. The van der Waals surface area contributed by atoms with E-state index in [1.807, 2.05) is 30.3 Å². The van der Waals surface area contributed by atoms with Gasteiger partial charge >= 0.3 is 11.9 Å². The maximum Gasteiger partial charge on any atom is 0.368 e. The van der Waals surface area contributed by atoms with Crippen molar-refractivity contribution >= 4 is 11.9 Å². The molecule has 26 heavy (non-hydrogen) atoms. The van der Waals surface area contributed by atoms with E-state index in [-0.39, 0.29) is 16.3 Å². The number of hydrogen-bond acceptors (Lipinski definition) is 6. The van der Waals surface area contributed by atoms with E-state index in [9.17, 15) is 14.0 Å². The average Bonchev–Trinajstić information content (AvgIpc) is 2.68.